The molecule has 1 amide bonds. The number of hydrogen-bond acceptors (Lipinski definition) is 2. The third-order valence-electron chi connectivity index (χ3n) is 4.26. The fourth-order valence-electron chi connectivity index (χ4n) is 2.93. The van der Waals surface area contributed by atoms with Gasteiger partial charge in [-0.2, -0.15) is 0 Å². The Morgan fingerprint density at radius 1 is 1.04 bits per heavy atom. The summed E-state index contributed by atoms with van der Waals surface area (Å²) in [6.45, 7) is 2.24. The van der Waals surface area contributed by atoms with Crippen molar-refractivity contribution in [1.29, 1.82) is 0 Å². The van der Waals surface area contributed by atoms with E-state index in [1.165, 1.54) is 18.5 Å². The van der Waals surface area contributed by atoms with Gasteiger partial charge in [-0.15, -0.1) is 0 Å². The first-order chi connectivity index (χ1) is 11.6. The SMILES string of the molecule is O=C(CCc1ccc(Cl)cc1Cl)Nc1ccc(N2CCCC2)cc1. The van der Waals surface area contributed by atoms with Crippen molar-refractivity contribution < 1.29 is 4.79 Å². The van der Waals surface area contributed by atoms with Gasteiger partial charge in [0.05, 0.1) is 0 Å². The minimum absolute atomic E-state index is 0.0186. The predicted octanol–water partition coefficient (Wildman–Crippen LogP) is 5.16. The van der Waals surface area contributed by atoms with Gasteiger partial charge in [0, 0.05) is 40.9 Å². The van der Waals surface area contributed by atoms with Crippen molar-refractivity contribution >= 4 is 40.5 Å². The molecule has 1 N–H and O–H groups in total. The highest BCUT2D eigenvalue weighted by Crippen LogP contribution is 2.23. The fraction of sp³-hybridized carbons (Fsp3) is 0.316. The number of nitrogens with zero attached hydrogens (tertiary/aromatic N) is 1. The predicted molar refractivity (Wildman–Crippen MR) is 101 cm³/mol. The quantitative estimate of drug-likeness (QED) is 0.795. The summed E-state index contributed by atoms with van der Waals surface area (Å²) in [5, 5.41) is 4.14. The van der Waals surface area contributed by atoms with Crippen molar-refractivity contribution in [2.24, 2.45) is 0 Å². The molecule has 1 saturated heterocycles. The number of rotatable bonds is 5. The maximum atomic E-state index is 12.1. The summed E-state index contributed by atoms with van der Waals surface area (Å²) in [6.07, 6.45) is 3.49. The van der Waals surface area contributed by atoms with E-state index in [0.29, 0.717) is 22.9 Å². The van der Waals surface area contributed by atoms with Gasteiger partial charge in [-0.3, -0.25) is 4.79 Å². The highest BCUT2D eigenvalue weighted by atomic mass is 35.5. The molecule has 0 unspecified atom stereocenters. The second kappa shape index (κ2) is 7.91. The van der Waals surface area contributed by atoms with Crippen LogP contribution in [0.2, 0.25) is 10.0 Å². The molecule has 3 rings (SSSR count). The molecule has 2 aromatic rings. The van der Waals surface area contributed by atoms with E-state index in [1.807, 2.05) is 18.2 Å². The zero-order valence-corrected chi connectivity index (χ0v) is 14.9. The Balaban J connectivity index is 1.52. The fourth-order valence-corrected chi connectivity index (χ4v) is 3.43. The molecule has 1 fully saturated rings. The highest BCUT2D eigenvalue weighted by molar-refractivity contribution is 6.35. The second-order valence-electron chi connectivity index (χ2n) is 6.02. The summed E-state index contributed by atoms with van der Waals surface area (Å²) >= 11 is 12.0. The molecule has 1 aliphatic rings. The highest BCUT2D eigenvalue weighted by Gasteiger charge is 2.12. The first kappa shape index (κ1) is 17.1. The minimum Gasteiger partial charge on any atom is -0.372 e. The van der Waals surface area contributed by atoms with Crippen LogP contribution < -0.4 is 10.2 Å². The zero-order valence-electron chi connectivity index (χ0n) is 13.4. The van der Waals surface area contributed by atoms with Crippen LogP contribution in [-0.4, -0.2) is 19.0 Å². The van der Waals surface area contributed by atoms with E-state index in [1.54, 1.807) is 12.1 Å². The first-order valence-corrected chi connectivity index (χ1v) is 8.96. The number of halogens is 2. The number of hydrogen-bond donors (Lipinski definition) is 1. The first-order valence-electron chi connectivity index (χ1n) is 8.20. The van der Waals surface area contributed by atoms with Gasteiger partial charge in [0.1, 0.15) is 0 Å². The van der Waals surface area contributed by atoms with E-state index in [0.717, 1.165) is 24.3 Å². The average Bonchev–Trinajstić information content (AvgIpc) is 3.09. The molecule has 24 heavy (non-hydrogen) atoms. The lowest BCUT2D eigenvalue weighted by Gasteiger charge is -2.17. The molecule has 2 aromatic carbocycles. The summed E-state index contributed by atoms with van der Waals surface area (Å²) in [7, 11) is 0. The Morgan fingerprint density at radius 2 is 1.75 bits per heavy atom. The number of carbonyl (C=O) groups excluding carboxylic acids is 1. The summed E-state index contributed by atoms with van der Waals surface area (Å²) in [4.78, 5) is 14.5. The Kier molecular flexibility index (Phi) is 5.64. The van der Waals surface area contributed by atoms with E-state index in [9.17, 15) is 4.79 Å². The molecule has 3 nitrogen and oxygen atoms in total. The number of aryl methyl sites for hydroxylation is 1. The van der Waals surface area contributed by atoms with E-state index in [2.05, 4.69) is 22.3 Å². The van der Waals surface area contributed by atoms with Crippen LogP contribution in [0, 0.1) is 0 Å². The van der Waals surface area contributed by atoms with Crippen LogP contribution in [0.4, 0.5) is 11.4 Å². The van der Waals surface area contributed by atoms with E-state index >= 15 is 0 Å². The molecule has 0 bridgehead atoms. The molecular weight excluding hydrogens is 343 g/mol. The molecule has 0 spiro atoms. The van der Waals surface area contributed by atoms with E-state index in [4.69, 9.17) is 23.2 Å². The Bertz CT molecular complexity index is 710. The molecule has 0 aliphatic carbocycles. The normalized spacial score (nSPS) is 14.0. The van der Waals surface area contributed by atoms with Gasteiger partial charge in [0.25, 0.3) is 0 Å². The van der Waals surface area contributed by atoms with Gasteiger partial charge in [-0.05, 0) is 61.2 Å². The van der Waals surface area contributed by atoms with Gasteiger partial charge >= 0.3 is 0 Å². The summed E-state index contributed by atoms with van der Waals surface area (Å²) in [6, 6.07) is 13.4. The van der Waals surface area contributed by atoms with Crippen LogP contribution >= 0.6 is 23.2 Å². The van der Waals surface area contributed by atoms with Gasteiger partial charge in [-0.25, -0.2) is 0 Å². The monoisotopic (exact) mass is 362 g/mol. The van der Waals surface area contributed by atoms with Crippen LogP contribution in [0.5, 0.6) is 0 Å². The van der Waals surface area contributed by atoms with Gasteiger partial charge < -0.3 is 10.2 Å². The smallest absolute Gasteiger partial charge is 0.224 e. The lowest BCUT2D eigenvalue weighted by molar-refractivity contribution is -0.116. The molecule has 5 heteroatoms. The topological polar surface area (TPSA) is 32.3 Å². The number of amides is 1. The number of benzene rings is 2. The van der Waals surface area contributed by atoms with Gasteiger partial charge in [-0.1, -0.05) is 29.3 Å². The Hall–Kier alpha value is -1.71. The lowest BCUT2D eigenvalue weighted by atomic mass is 10.1. The standard InChI is InChI=1S/C19H20Cl2N2O/c20-15-5-3-14(18(21)13-15)4-10-19(24)22-16-6-8-17(9-7-16)23-11-1-2-12-23/h3,5-9,13H,1-2,4,10-12H2,(H,22,24). The third kappa shape index (κ3) is 4.43. The van der Waals surface area contributed by atoms with Crippen LogP contribution in [0.1, 0.15) is 24.8 Å². The number of nitrogens with one attached hydrogen (secondary N) is 1. The van der Waals surface area contributed by atoms with Crippen molar-refractivity contribution in [3.63, 3.8) is 0 Å². The molecular formula is C19H20Cl2N2O. The average molecular weight is 363 g/mol. The summed E-state index contributed by atoms with van der Waals surface area (Å²) in [5.74, 6) is -0.0186. The molecule has 0 radical (unpaired) electrons. The molecule has 0 saturated carbocycles. The Labute approximate surface area is 152 Å². The lowest BCUT2D eigenvalue weighted by Crippen LogP contribution is -2.17. The van der Waals surface area contributed by atoms with Crippen molar-refractivity contribution in [3.8, 4) is 0 Å². The largest absolute Gasteiger partial charge is 0.372 e. The van der Waals surface area contributed by atoms with Crippen LogP contribution in [0.15, 0.2) is 42.5 Å². The molecule has 1 aliphatic heterocycles. The maximum absolute atomic E-state index is 12.1. The molecule has 1 heterocycles. The van der Waals surface area contributed by atoms with Crippen LogP contribution in [0.3, 0.4) is 0 Å². The summed E-state index contributed by atoms with van der Waals surface area (Å²) < 4.78 is 0. The zero-order chi connectivity index (χ0) is 16.9. The van der Waals surface area contributed by atoms with Crippen LogP contribution in [-0.2, 0) is 11.2 Å². The maximum Gasteiger partial charge on any atom is 0.224 e. The van der Waals surface area contributed by atoms with Crippen molar-refractivity contribution in [2.75, 3.05) is 23.3 Å². The Morgan fingerprint density at radius 3 is 2.42 bits per heavy atom. The molecule has 126 valence electrons. The third-order valence-corrected chi connectivity index (χ3v) is 4.85. The minimum atomic E-state index is -0.0186. The number of carbonyl (C=O) groups is 1. The second-order valence-corrected chi connectivity index (χ2v) is 6.87. The van der Waals surface area contributed by atoms with E-state index < -0.39 is 0 Å². The van der Waals surface area contributed by atoms with Crippen LogP contribution in [0.25, 0.3) is 0 Å². The molecule has 0 aromatic heterocycles. The molecule has 0 atom stereocenters. The van der Waals surface area contributed by atoms with Crippen molar-refractivity contribution in [3.05, 3.63) is 58.1 Å². The van der Waals surface area contributed by atoms with Gasteiger partial charge in [0.2, 0.25) is 5.91 Å². The summed E-state index contributed by atoms with van der Waals surface area (Å²) in [5.41, 5.74) is 2.98. The van der Waals surface area contributed by atoms with E-state index in [-0.39, 0.29) is 5.91 Å². The van der Waals surface area contributed by atoms with Crippen molar-refractivity contribution in [1.82, 2.24) is 0 Å². The number of anilines is 2. The van der Waals surface area contributed by atoms with Gasteiger partial charge in [0.15, 0.2) is 0 Å². The van der Waals surface area contributed by atoms with Crippen molar-refractivity contribution in [2.45, 2.75) is 25.7 Å².